The van der Waals surface area contributed by atoms with E-state index in [0.717, 1.165) is 5.56 Å². The smallest absolute Gasteiger partial charge is 0.294 e. The van der Waals surface area contributed by atoms with Crippen molar-refractivity contribution < 1.29 is 9.32 Å². The molecule has 3 rings (SSSR count). The number of amides is 1. The normalized spacial score (nSPS) is 11.6. The van der Waals surface area contributed by atoms with Gasteiger partial charge < -0.3 is 9.84 Å². The van der Waals surface area contributed by atoms with Crippen LogP contribution in [0.3, 0.4) is 0 Å². The van der Waals surface area contributed by atoms with Crippen LogP contribution < -0.4 is 5.32 Å². The molecule has 0 fully saturated rings. The lowest BCUT2D eigenvalue weighted by Gasteiger charge is -2.13. The fourth-order valence-electron chi connectivity index (χ4n) is 2.47. The maximum atomic E-state index is 12.1. The maximum Gasteiger partial charge on any atom is 0.294 e. The Morgan fingerprint density at radius 3 is 2.60 bits per heavy atom. The van der Waals surface area contributed by atoms with Crippen molar-refractivity contribution in [1.82, 2.24) is 5.16 Å². The van der Waals surface area contributed by atoms with Gasteiger partial charge in [-0.3, -0.25) is 4.79 Å². The molecule has 3 aromatic rings. The van der Waals surface area contributed by atoms with Gasteiger partial charge in [0.1, 0.15) is 0 Å². The number of anilines is 1. The first-order chi connectivity index (χ1) is 12.1. The minimum Gasteiger partial charge on any atom is -0.351 e. The van der Waals surface area contributed by atoms with Gasteiger partial charge >= 0.3 is 0 Å². The minimum absolute atomic E-state index is 0.122. The fraction of sp³-hybridized carbons (Fsp3) is 0.105. The first-order valence-corrected chi connectivity index (χ1v) is 7.95. The Balaban J connectivity index is 1.83. The Labute approximate surface area is 149 Å². The predicted molar refractivity (Wildman–Crippen MR) is 94.5 cm³/mol. The highest BCUT2D eigenvalue weighted by Gasteiger charge is 2.18. The van der Waals surface area contributed by atoms with Crippen molar-refractivity contribution in [2.75, 3.05) is 5.32 Å². The molecule has 1 unspecified atom stereocenters. The highest BCUT2D eigenvalue weighted by atomic mass is 35.5. The van der Waals surface area contributed by atoms with Crippen LogP contribution >= 0.6 is 11.6 Å². The molecular formula is C19H14ClN3O2. The van der Waals surface area contributed by atoms with E-state index in [1.54, 1.807) is 31.2 Å². The summed E-state index contributed by atoms with van der Waals surface area (Å²) >= 11 is 6.35. The Hall–Kier alpha value is -3.10. The molecule has 1 aromatic heterocycles. The van der Waals surface area contributed by atoms with Crippen LogP contribution in [0.25, 0.3) is 0 Å². The first kappa shape index (κ1) is 16.7. The molecule has 5 nitrogen and oxygen atoms in total. The summed E-state index contributed by atoms with van der Waals surface area (Å²) in [4.78, 5) is 12.1. The molecule has 0 aliphatic carbocycles. The van der Waals surface area contributed by atoms with E-state index in [1.165, 1.54) is 0 Å². The molecule has 0 bridgehead atoms. The molecular weight excluding hydrogens is 338 g/mol. The number of aryl methyl sites for hydroxylation is 1. The highest BCUT2D eigenvalue weighted by molar-refractivity contribution is 6.31. The van der Waals surface area contributed by atoms with Gasteiger partial charge in [-0.1, -0.05) is 53.2 Å². The summed E-state index contributed by atoms with van der Waals surface area (Å²) in [6, 6.07) is 18.3. The maximum absolute atomic E-state index is 12.1. The standard InChI is InChI=1S/C19H14ClN3O2/c1-12-9-18(25-23-12)19(24)22-14-7-8-15(17(20)10-14)16(11-21)13-5-3-2-4-6-13/h2-10,16H,1H3,(H,22,24). The number of hydrogen-bond acceptors (Lipinski definition) is 4. The molecule has 124 valence electrons. The van der Waals surface area contributed by atoms with Crippen LogP contribution in [-0.2, 0) is 0 Å². The van der Waals surface area contributed by atoms with Crippen LogP contribution in [0.4, 0.5) is 5.69 Å². The molecule has 0 radical (unpaired) electrons. The third kappa shape index (κ3) is 3.70. The van der Waals surface area contributed by atoms with Gasteiger partial charge in [0, 0.05) is 16.8 Å². The van der Waals surface area contributed by atoms with Crippen LogP contribution in [0.2, 0.25) is 5.02 Å². The molecule has 0 saturated heterocycles. The summed E-state index contributed by atoms with van der Waals surface area (Å²) in [5.41, 5.74) is 2.68. The van der Waals surface area contributed by atoms with Gasteiger partial charge in [-0.2, -0.15) is 5.26 Å². The van der Waals surface area contributed by atoms with E-state index in [0.29, 0.717) is 22.0 Å². The number of halogens is 1. The molecule has 1 amide bonds. The van der Waals surface area contributed by atoms with Crippen molar-refractivity contribution in [2.24, 2.45) is 0 Å². The van der Waals surface area contributed by atoms with Gasteiger partial charge in [-0.25, -0.2) is 0 Å². The number of carbonyl (C=O) groups is 1. The zero-order valence-electron chi connectivity index (χ0n) is 13.4. The molecule has 0 aliphatic rings. The van der Waals surface area contributed by atoms with E-state index in [-0.39, 0.29) is 5.76 Å². The number of carbonyl (C=O) groups excluding carboxylic acids is 1. The van der Waals surface area contributed by atoms with Crippen molar-refractivity contribution in [3.05, 3.63) is 82.2 Å². The van der Waals surface area contributed by atoms with E-state index in [2.05, 4.69) is 16.5 Å². The first-order valence-electron chi connectivity index (χ1n) is 7.57. The number of nitrogens with zero attached hydrogens (tertiary/aromatic N) is 2. The topological polar surface area (TPSA) is 78.9 Å². The molecule has 0 aliphatic heterocycles. The molecule has 1 atom stereocenters. The lowest BCUT2D eigenvalue weighted by molar-refractivity contribution is 0.0988. The van der Waals surface area contributed by atoms with E-state index in [4.69, 9.17) is 16.1 Å². The SMILES string of the molecule is Cc1cc(C(=O)Nc2ccc(C(C#N)c3ccccc3)c(Cl)c2)on1. The third-order valence-electron chi connectivity index (χ3n) is 3.68. The van der Waals surface area contributed by atoms with Gasteiger partial charge in [0.2, 0.25) is 5.76 Å². The van der Waals surface area contributed by atoms with E-state index >= 15 is 0 Å². The Morgan fingerprint density at radius 1 is 1.24 bits per heavy atom. The molecule has 0 spiro atoms. The lowest BCUT2D eigenvalue weighted by atomic mass is 9.92. The van der Waals surface area contributed by atoms with Gasteiger partial charge in [0.15, 0.2) is 0 Å². The van der Waals surface area contributed by atoms with Crippen molar-refractivity contribution in [3.63, 3.8) is 0 Å². The second-order valence-electron chi connectivity index (χ2n) is 5.50. The lowest BCUT2D eigenvalue weighted by Crippen LogP contribution is -2.11. The van der Waals surface area contributed by atoms with Crippen LogP contribution in [0, 0.1) is 18.3 Å². The van der Waals surface area contributed by atoms with Crippen LogP contribution in [0.15, 0.2) is 59.1 Å². The number of hydrogen-bond donors (Lipinski definition) is 1. The fourth-order valence-corrected chi connectivity index (χ4v) is 2.76. The summed E-state index contributed by atoms with van der Waals surface area (Å²) in [6.07, 6.45) is 0. The molecule has 1 heterocycles. The van der Waals surface area contributed by atoms with E-state index < -0.39 is 11.8 Å². The van der Waals surface area contributed by atoms with Crippen LogP contribution in [0.5, 0.6) is 0 Å². The number of nitrogens with one attached hydrogen (secondary N) is 1. The van der Waals surface area contributed by atoms with Gasteiger partial charge in [-0.15, -0.1) is 0 Å². The zero-order chi connectivity index (χ0) is 17.8. The predicted octanol–water partition coefficient (Wildman–Crippen LogP) is 4.54. The molecule has 0 saturated carbocycles. The quantitative estimate of drug-likeness (QED) is 0.748. The Bertz CT molecular complexity index is 945. The van der Waals surface area contributed by atoms with Crippen molar-refractivity contribution in [2.45, 2.75) is 12.8 Å². The van der Waals surface area contributed by atoms with Gasteiger partial charge in [-0.05, 0) is 30.2 Å². The second kappa shape index (κ2) is 7.20. The van der Waals surface area contributed by atoms with Gasteiger partial charge in [0.25, 0.3) is 5.91 Å². The van der Waals surface area contributed by atoms with Crippen LogP contribution in [-0.4, -0.2) is 11.1 Å². The van der Waals surface area contributed by atoms with Crippen molar-refractivity contribution in [3.8, 4) is 6.07 Å². The minimum atomic E-state index is -0.477. The van der Waals surface area contributed by atoms with Crippen molar-refractivity contribution in [1.29, 1.82) is 5.26 Å². The molecule has 25 heavy (non-hydrogen) atoms. The summed E-state index contributed by atoms with van der Waals surface area (Å²) in [7, 11) is 0. The average Bonchev–Trinajstić information content (AvgIpc) is 3.05. The second-order valence-corrected chi connectivity index (χ2v) is 5.90. The number of nitriles is 1. The van der Waals surface area contributed by atoms with Crippen LogP contribution in [0.1, 0.15) is 33.3 Å². The average molecular weight is 352 g/mol. The molecule has 6 heteroatoms. The summed E-state index contributed by atoms with van der Waals surface area (Å²) in [6.45, 7) is 1.73. The summed E-state index contributed by atoms with van der Waals surface area (Å²) < 4.78 is 4.93. The number of aromatic nitrogens is 1. The Morgan fingerprint density at radius 2 is 2.00 bits per heavy atom. The summed E-state index contributed by atoms with van der Waals surface area (Å²) in [5.74, 6) is -0.767. The zero-order valence-corrected chi connectivity index (χ0v) is 14.1. The van der Waals surface area contributed by atoms with Crippen molar-refractivity contribution >= 4 is 23.2 Å². The number of benzene rings is 2. The molecule has 2 aromatic carbocycles. The third-order valence-corrected chi connectivity index (χ3v) is 4.01. The largest absolute Gasteiger partial charge is 0.351 e. The molecule has 1 N–H and O–H groups in total. The number of rotatable bonds is 4. The highest BCUT2D eigenvalue weighted by Crippen LogP contribution is 2.31. The monoisotopic (exact) mass is 351 g/mol. The van der Waals surface area contributed by atoms with E-state index in [9.17, 15) is 10.1 Å². The van der Waals surface area contributed by atoms with Gasteiger partial charge in [0.05, 0.1) is 17.7 Å². The summed E-state index contributed by atoms with van der Waals surface area (Å²) in [5, 5.41) is 16.3. The Kier molecular flexibility index (Phi) is 4.82. The van der Waals surface area contributed by atoms with E-state index in [1.807, 2.05) is 30.3 Å².